The molecule has 118 valence electrons. The fourth-order valence-electron chi connectivity index (χ4n) is 2.33. The van der Waals surface area contributed by atoms with Crippen LogP contribution in [0.3, 0.4) is 0 Å². The van der Waals surface area contributed by atoms with Gasteiger partial charge in [-0.25, -0.2) is 0 Å². The molecule has 1 aromatic rings. The maximum Gasteiger partial charge on any atom is 0.220 e. The van der Waals surface area contributed by atoms with Gasteiger partial charge >= 0.3 is 0 Å². The highest BCUT2D eigenvalue weighted by Crippen LogP contribution is 2.17. The average Bonchev–Trinajstić information content (AvgIpc) is 2.47. The average molecular weight is 377 g/mol. The monoisotopic (exact) mass is 375 g/mol. The van der Waals surface area contributed by atoms with Crippen molar-refractivity contribution in [2.45, 2.75) is 12.8 Å². The topological polar surface area (TPSA) is 44.4 Å². The molecule has 0 radical (unpaired) electrons. The number of nitrogens with one attached hydrogen (secondary N) is 2. The molecule has 0 unspecified atom stereocenters. The van der Waals surface area contributed by atoms with Gasteiger partial charge in [0.15, 0.2) is 0 Å². The highest BCUT2D eigenvalue weighted by atomic mass is 79.9. The fraction of sp³-hybridized carbons (Fsp3) is 0.533. The van der Waals surface area contributed by atoms with Crippen LogP contribution in [0.25, 0.3) is 0 Å². The van der Waals surface area contributed by atoms with Gasteiger partial charge in [0, 0.05) is 50.2 Å². The Bertz CT molecular complexity index is 439. The Balaban J connectivity index is 0.00000220. The lowest BCUT2D eigenvalue weighted by Gasteiger charge is -2.27. The molecule has 0 aromatic heterocycles. The lowest BCUT2D eigenvalue weighted by atomic mass is 10.1. The predicted molar refractivity (Wildman–Crippen MR) is 92.0 cm³/mol. The number of carbonyl (C=O) groups is 1. The number of carbonyl (C=O) groups excluding carboxylic acids is 1. The van der Waals surface area contributed by atoms with E-state index in [1.165, 1.54) is 5.56 Å². The van der Waals surface area contributed by atoms with Gasteiger partial charge in [-0.1, -0.05) is 34.1 Å². The molecule has 0 saturated carbocycles. The number of hydrogen-bond donors (Lipinski definition) is 2. The minimum Gasteiger partial charge on any atom is -0.355 e. The summed E-state index contributed by atoms with van der Waals surface area (Å²) in [5, 5.41) is 6.33. The number of benzene rings is 1. The largest absolute Gasteiger partial charge is 0.355 e. The molecule has 0 spiro atoms. The van der Waals surface area contributed by atoms with Crippen LogP contribution >= 0.6 is 28.3 Å². The number of aryl methyl sites for hydroxylation is 1. The number of halogens is 2. The van der Waals surface area contributed by atoms with Crippen LogP contribution in [0.4, 0.5) is 0 Å². The second-order valence-corrected chi connectivity index (χ2v) is 5.89. The molecule has 1 amide bonds. The number of hydrogen-bond acceptors (Lipinski definition) is 3. The first-order valence-electron chi connectivity index (χ1n) is 7.19. The van der Waals surface area contributed by atoms with Crippen LogP contribution in [-0.4, -0.2) is 50.1 Å². The second kappa shape index (κ2) is 10.2. The summed E-state index contributed by atoms with van der Waals surface area (Å²) in [5.74, 6) is 0.135. The Morgan fingerprint density at radius 1 is 1.29 bits per heavy atom. The van der Waals surface area contributed by atoms with Crippen LogP contribution in [0.1, 0.15) is 12.0 Å². The smallest absolute Gasteiger partial charge is 0.220 e. The summed E-state index contributed by atoms with van der Waals surface area (Å²) in [6.45, 7) is 5.95. The van der Waals surface area contributed by atoms with Gasteiger partial charge in [-0.15, -0.1) is 12.4 Å². The van der Waals surface area contributed by atoms with Crippen molar-refractivity contribution in [1.29, 1.82) is 0 Å². The van der Waals surface area contributed by atoms with Gasteiger partial charge in [0.1, 0.15) is 0 Å². The normalized spacial score (nSPS) is 15.3. The highest BCUT2D eigenvalue weighted by molar-refractivity contribution is 9.10. The van der Waals surface area contributed by atoms with E-state index in [0.717, 1.165) is 50.2 Å². The first-order chi connectivity index (χ1) is 9.75. The molecule has 1 aliphatic rings. The molecular formula is C15H23BrClN3O. The molecule has 21 heavy (non-hydrogen) atoms. The molecular weight excluding hydrogens is 354 g/mol. The van der Waals surface area contributed by atoms with E-state index in [9.17, 15) is 4.79 Å². The van der Waals surface area contributed by atoms with E-state index in [-0.39, 0.29) is 18.3 Å². The summed E-state index contributed by atoms with van der Waals surface area (Å²) in [5.41, 5.74) is 1.18. The minimum absolute atomic E-state index is 0. The van der Waals surface area contributed by atoms with Crippen molar-refractivity contribution in [3.05, 3.63) is 34.3 Å². The lowest BCUT2D eigenvalue weighted by Crippen LogP contribution is -2.46. The van der Waals surface area contributed by atoms with Crippen molar-refractivity contribution in [2.75, 3.05) is 39.3 Å². The summed E-state index contributed by atoms with van der Waals surface area (Å²) in [6, 6.07) is 8.05. The van der Waals surface area contributed by atoms with Crippen LogP contribution in [0.2, 0.25) is 0 Å². The van der Waals surface area contributed by atoms with Crippen molar-refractivity contribution in [3.63, 3.8) is 0 Å². The summed E-state index contributed by atoms with van der Waals surface area (Å²) >= 11 is 3.51. The molecule has 1 aromatic carbocycles. The van der Waals surface area contributed by atoms with E-state index in [2.05, 4.69) is 37.5 Å². The SMILES string of the molecule is Cl.O=C(CCc1ccccc1Br)NCCN1CCNCC1. The molecule has 0 bridgehead atoms. The van der Waals surface area contributed by atoms with Gasteiger partial charge in [-0.05, 0) is 18.1 Å². The van der Waals surface area contributed by atoms with Gasteiger partial charge in [0.2, 0.25) is 5.91 Å². The van der Waals surface area contributed by atoms with Crippen molar-refractivity contribution >= 4 is 34.2 Å². The summed E-state index contributed by atoms with van der Waals surface area (Å²) in [7, 11) is 0. The minimum atomic E-state index is 0. The van der Waals surface area contributed by atoms with Crippen molar-refractivity contribution in [2.24, 2.45) is 0 Å². The first-order valence-corrected chi connectivity index (χ1v) is 7.98. The third-order valence-corrected chi connectivity index (χ3v) is 4.31. The maximum absolute atomic E-state index is 11.8. The van der Waals surface area contributed by atoms with Gasteiger partial charge in [0.25, 0.3) is 0 Å². The third kappa shape index (κ3) is 6.78. The van der Waals surface area contributed by atoms with Gasteiger partial charge in [0.05, 0.1) is 0 Å². The molecule has 6 heteroatoms. The van der Waals surface area contributed by atoms with E-state index in [4.69, 9.17) is 0 Å². The van der Waals surface area contributed by atoms with E-state index in [1.54, 1.807) is 0 Å². The summed E-state index contributed by atoms with van der Waals surface area (Å²) < 4.78 is 1.08. The molecule has 0 aliphatic carbocycles. The Morgan fingerprint density at radius 2 is 2.00 bits per heavy atom. The molecule has 1 fully saturated rings. The third-order valence-electron chi connectivity index (χ3n) is 3.54. The fourth-order valence-corrected chi connectivity index (χ4v) is 2.81. The lowest BCUT2D eigenvalue weighted by molar-refractivity contribution is -0.121. The number of nitrogens with zero attached hydrogens (tertiary/aromatic N) is 1. The number of amides is 1. The van der Waals surface area contributed by atoms with E-state index >= 15 is 0 Å². The quantitative estimate of drug-likeness (QED) is 0.796. The molecule has 1 heterocycles. The van der Waals surface area contributed by atoms with Crippen molar-refractivity contribution < 1.29 is 4.79 Å². The molecule has 1 aliphatic heterocycles. The Morgan fingerprint density at radius 3 is 2.71 bits per heavy atom. The first kappa shape index (κ1) is 18.4. The number of rotatable bonds is 6. The summed E-state index contributed by atoms with van der Waals surface area (Å²) in [4.78, 5) is 14.2. The Hall–Kier alpha value is -0.620. The van der Waals surface area contributed by atoms with Crippen molar-refractivity contribution in [3.8, 4) is 0 Å². The van der Waals surface area contributed by atoms with Crippen LogP contribution in [0.15, 0.2) is 28.7 Å². The Kier molecular flexibility index (Phi) is 8.92. The molecule has 2 rings (SSSR count). The molecule has 1 saturated heterocycles. The molecule has 4 nitrogen and oxygen atoms in total. The van der Waals surface area contributed by atoms with Crippen LogP contribution in [0, 0.1) is 0 Å². The predicted octanol–water partition coefficient (Wildman–Crippen LogP) is 1.82. The van der Waals surface area contributed by atoms with E-state index in [1.807, 2.05) is 18.2 Å². The Labute approximate surface area is 141 Å². The van der Waals surface area contributed by atoms with Crippen molar-refractivity contribution in [1.82, 2.24) is 15.5 Å². The standard InChI is InChI=1S/C15H22BrN3O.ClH/c16-14-4-2-1-3-13(14)5-6-15(20)18-9-12-19-10-7-17-8-11-19;/h1-4,17H,5-12H2,(H,18,20);1H. The van der Waals surface area contributed by atoms with Gasteiger partial charge in [-0.2, -0.15) is 0 Å². The van der Waals surface area contributed by atoms with Gasteiger partial charge in [-0.3, -0.25) is 9.69 Å². The molecule has 2 N–H and O–H groups in total. The second-order valence-electron chi connectivity index (χ2n) is 5.03. The summed E-state index contributed by atoms with van der Waals surface area (Å²) in [6.07, 6.45) is 1.32. The van der Waals surface area contributed by atoms with Crippen LogP contribution < -0.4 is 10.6 Å². The maximum atomic E-state index is 11.8. The van der Waals surface area contributed by atoms with E-state index < -0.39 is 0 Å². The zero-order valence-corrected chi connectivity index (χ0v) is 14.5. The number of piperazine rings is 1. The van der Waals surface area contributed by atoms with Crippen LogP contribution in [0.5, 0.6) is 0 Å². The van der Waals surface area contributed by atoms with Crippen LogP contribution in [-0.2, 0) is 11.2 Å². The molecule has 0 atom stereocenters. The van der Waals surface area contributed by atoms with E-state index in [0.29, 0.717) is 6.42 Å². The van der Waals surface area contributed by atoms with Gasteiger partial charge < -0.3 is 10.6 Å². The zero-order valence-electron chi connectivity index (χ0n) is 12.1. The highest BCUT2D eigenvalue weighted by Gasteiger charge is 2.09. The zero-order chi connectivity index (χ0) is 14.2.